The molecule has 0 saturated carbocycles. The van der Waals surface area contributed by atoms with Crippen molar-refractivity contribution in [1.82, 2.24) is 20.0 Å². The van der Waals surface area contributed by atoms with Gasteiger partial charge in [0.05, 0.1) is 29.2 Å². The summed E-state index contributed by atoms with van der Waals surface area (Å²) in [6.45, 7) is 9.49. The lowest BCUT2D eigenvalue weighted by molar-refractivity contribution is -0.136. The van der Waals surface area contributed by atoms with Gasteiger partial charge in [0.2, 0.25) is 11.8 Å². The summed E-state index contributed by atoms with van der Waals surface area (Å²) in [6.07, 6.45) is 7.32. The van der Waals surface area contributed by atoms with E-state index in [9.17, 15) is 32.4 Å². The van der Waals surface area contributed by atoms with E-state index >= 15 is 0 Å². The molecule has 6 aromatic carbocycles. The summed E-state index contributed by atoms with van der Waals surface area (Å²) in [5.41, 5.74) is 4.54. The van der Waals surface area contributed by atoms with Crippen LogP contribution in [0.3, 0.4) is 0 Å². The number of benzene rings is 6. The quantitative estimate of drug-likeness (QED) is 0.0522. The first kappa shape index (κ1) is 54.4. The maximum absolute atomic E-state index is 13.6. The van der Waals surface area contributed by atoms with Crippen molar-refractivity contribution in [2.75, 3.05) is 63.6 Å². The fourth-order valence-electron chi connectivity index (χ4n) is 10.9. The smallest absolute Gasteiger partial charge is 0.262 e. The minimum absolute atomic E-state index is 0.0821. The highest BCUT2D eigenvalue weighted by atomic mass is 32.2. The molecule has 1 unspecified atom stereocenters. The van der Waals surface area contributed by atoms with Crippen molar-refractivity contribution in [2.24, 2.45) is 5.92 Å². The molecule has 1 N–H and O–H groups in total. The number of fused-ring (bicyclic) bond motifs is 2. The summed E-state index contributed by atoms with van der Waals surface area (Å²) in [5.74, 6) is 7.69. The predicted octanol–water partition coefficient (Wildman–Crippen LogP) is 9.56. The summed E-state index contributed by atoms with van der Waals surface area (Å²) in [4.78, 5) is 72.3. The van der Waals surface area contributed by atoms with Crippen LogP contribution in [0.2, 0.25) is 0 Å². The summed E-state index contributed by atoms with van der Waals surface area (Å²) in [7, 11) is -3.36. The van der Waals surface area contributed by atoms with E-state index in [-0.39, 0.29) is 35.1 Å². The molecule has 5 amide bonds. The van der Waals surface area contributed by atoms with Gasteiger partial charge in [0.1, 0.15) is 35.6 Å². The number of nitrogens with zero attached hydrogens (tertiary/aromatic N) is 4. The van der Waals surface area contributed by atoms with Gasteiger partial charge in [0.15, 0.2) is 9.84 Å². The monoisotopic (exact) mass is 1080 g/mol. The Kier molecular flexibility index (Phi) is 16.5. The Morgan fingerprint density at radius 3 is 2.09 bits per heavy atom. The predicted molar refractivity (Wildman–Crippen MR) is 302 cm³/mol. The molecule has 0 radical (unpaired) electrons. The molecule has 0 aromatic heterocycles. The number of carbonyl (C=O) groups excluding carboxylic acids is 5. The topological polar surface area (TPSA) is 172 Å². The van der Waals surface area contributed by atoms with E-state index in [0.717, 1.165) is 109 Å². The Hall–Kier alpha value is -8.00. The molecule has 10 rings (SSSR count). The molecule has 4 heterocycles. The van der Waals surface area contributed by atoms with Crippen molar-refractivity contribution >= 4 is 55.8 Å². The van der Waals surface area contributed by atoms with E-state index in [2.05, 4.69) is 33.9 Å². The molecular weight excluding hydrogens is 1020 g/mol. The second-order valence-electron chi connectivity index (χ2n) is 20.7. The first-order chi connectivity index (χ1) is 38.2. The Balaban J connectivity index is 0.682. The molecule has 6 aromatic rings. The minimum atomic E-state index is -3.36. The third kappa shape index (κ3) is 12.3. The standard InChI is InChI=1S/C63H65N5O10S/c1-4-6-38-76-51-21-26-54-46(40-51)15-24-53(44-13-22-52(23-14-44)79(3,74)75)59(54)78-50-19-17-49(18-20-50)77-39-37-65(5-2)61(71)45-11-9-42(10-12-45)7-8-43-29-33-66(34-30-43)47-31-35-67(36-32-47)48-16-25-55-56(41-48)63(73)68(62(55)72)57-27-28-58(69)64-60(57)70/h9-26,40-41,43,47,57H,4-6,27-39H2,1-3H3,(H,64,69,70). The van der Waals surface area contributed by atoms with Gasteiger partial charge in [-0.1, -0.05) is 43.4 Å². The molecule has 4 aliphatic heterocycles. The second kappa shape index (κ2) is 23.9. The van der Waals surface area contributed by atoms with Gasteiger partial charge in [0, 0.05) is 72.0 Å². The molecule has 79 heavy (non-hydrogen) atoms. The van der Waals surface area contributed by atoms with Crippen molar-refractivity contribution in [2.45, 2.75) is 82.2 Å². The average molecular weight is 1080 g/mol. The summed E-state index contributed by atoms with van der Waals surface area (Å²) in [6, 6.07) is 36.4. The number of likely N-dealkylation sites (tertiary alicyclic amines) is 1. The van der Waals surface area contributed by atoms with Crippen LogP contribution in [-0.2, 0) is 19.4 Å². The zero-order valence-electron chi connectivity index (χ0n) is 44.9. The van der Waals surface area contributed by atoms with E-state index in [4.69, 9.17) is 14.2 Å². The normalized spacial score (nSPS) is 17.3. The van der Waals surface area contributed by atoms with E-state index in [1.807, 2.05) is 91.9 Å². The lowest BCUT2D eigenvalue weighted by Gasteiger charge is -2.42. The van der Waals surface area contributed by atoms with E-state index in [1.165, 1.54) is 6.26 Å². The number of ether oxygens (including phenoxy) is 3. The zero-order valence-corrected chi connectivity index (χ0v) is 45.7. The van der Waals surface area contributed by atoms with E-state index in [1.54, 1.807) is 41.3 Å². The van der Waals surface area contributed by atoms with Crippen molar-refractivity contribution in [3.8, 4) is 46.0 Å². The first-order valence-corrected chi connectivity index (χ1v) is 29.3. The van der Waals surface area contributed by atoms with Gasteiger partial charge >= 0.3 is 0 Å². The number of hydrogen-bond donors (Lipinski definition) is 1. The Labute approximate surface area is 461 Å². The first-order valence-electron chi connectivity index (χ1n) is 27.4. The number of carbonyl (C=O) groups is 5. The lowest BCUT2D eigenvalue weighted by atomic mass is 9.93. The molecule has 3 fully saturated rings. The molecule has 16 heteroatoms. The molecule has 0 aliphatic carbocycles. The number of nitrogens with one attached hydrogen (secondary N) is 1. The van der Waals surface area contributed by atoms with Crippen LogP contribution in [0.5, 0.6) is 23.0 Å². The fourth-order valence-corrected chi connectivity index (χ4v) is 11.6. The van der Waals surface area contributed by atoms with Gasteiger partial charge in [-0.25, -0.2) is 8.42 Å². The van der Waals surface area contributed by atoms with Crippen LogP contribution in [0, 0.1) is 17.8 Å². The van der Waals surface area contributed by atoms with Gasteiger partial charge in [0.25, 0.3) is 17.7 Å². The van der Waals surface area contributed by atoms with Gasteiger partial charge in [-0.2, -0.15) is 0 Å². The SMILES string of the molecule is CCCCOc1ccc2c(Oc3ccc(OCCN(CC)C(=O)c4ccc(C#CC5CCN(C6CCN(c7ccc8c(c7)C(=O)N(C7CCC(=O)NC7=O)C8=O)CC6)CC5)cc4)cc3)c(-c3ccc(S(C)(=O)=O)cc3)ccc2c1. The molecule has 0 spiro atoms. The van der Waals surface area contributed by atoms with Crippen LogP contribution in [0.25, 0.3) is 21.9 Å². The Bertz CT molecular complexity index is 3450. The number of rotatable bonds is 17. The van der Waals surface area contributed by atoms with Crippen molar-refractivity contribution in [3.05, 3.63) is 144 Å². The molecule has 3 saturated heterocycles. The molecule has 408 valence electrons. The molecule has 4 aliphatic rings. The van der Waals surface area contributed by atoms with Crippen LogP contribution >= 0.6 is 0 Å². The maximum atomic E-state index is 13.6. The number of amides is 5. The minimum Gasteiger partial charge on any atom is -0.494 e. The Morgan fingerprint density at radius 2 is 1.39 bits per heavy atom. The largest absolute Gasteiger partial charge is 0.494 e. The number of anilines is 1. The molecule has 1 atom stereocenters. The summed E-state index contributed by atoms with van der Waals surface area (Å²) < 4.78 is 43.2. The van der Waals surface area contributed by atoms with Gasteiger partial charge in [-0.05, 0) is 173 Å². The number of piperidine rings is 3. The highest BCUT2D eigenvalue weighted by Gasteiger charge is 2.45. The Morgan fingerprint density at radius 1 is 0.709 bits per heavy atom. The second-order valence-corrected chi connectivity index (χ2v) is 22.7. The van der Waals surface area contributed by atoms with Crippen LogP contribution in [0.15, 0.2) is 126 Å². The molecule has 15 nitrogen and oxygen atoms in total. The highest BCUT2D eigenvalue weighted by molar-refractivity contribution is 7.90. The lowest BCUT2D eigenvalue weighted by Crippen LogP contribution is -2.54. The van der Waals surface area contributed by atoms with Gasteiger partial charge in [-0.15, -0.1) is 0 Å². The van der Waals surface area contributed by atoms with Gasteiger partial charge in [-0.3, -0.25) is 34.2 Å². The number of likely N-dealkylation sites (N-methyl/N-ethyl adjacent to an activating group) is 1. The maximum Gasteiger partial charge on any atom is 0.262 e. The number of hydrogen-bond acceptors (Lipinski definition) is 12. The van der Waals surface area contributed by atoms with Crippen molar-refractivity contribution in [1.29, 1.82) is 0 Å². The van der Waals surface area contributed by atoms with E-state index < -0.39 is 39.5 Å². The third-order valence-electron chi connectivity index (χ3n) is 15.5. The van der Waals surface area contributed by atoms with Crippen LogP contribution in [-0.4, -0.2) is 123 Å². The molecule has 0 bridgehead atoms. The third-order valence-corrected chi connectivity index (χ3v) is 16.6. The van der Waals surface area contributed by atoms with Crippen molar-refractivity contribution < 1.29 is 46.6 Å². The number of unbranched alkanes of at least 4 members (excludes halogenated alkanes) is 1. The summed E-state index contributed by atoms with van der Waals surface area (Å²) >= 11 is 0. The highest BCUT2D eigenvalue weighted by Crippen LogP contribution is 2.42. The van der Waals surface area contributed by atoms with E-state index in [0.29, 0.717) is 60.7 Å². The zero-order chi connectivity index (χ0) is 55.2. The molecular formula is C63H65N5O10S. The van der Waals surface area contributed by atoms with Crippen molar-refractivity contribution in [3.63, 3.8) is 0 Å². The van der Waals surface area contributed by atoms with Crippen LogP contribution in [0.4, 0.5) is 5.69 Å². The van der Waals surface area contributed by atoms with Crippen LogP contribution < -0.4 is 24.4 Å². The summed E-state index contributed by atoms with van der Waals surface area (Å²) in [5, 5.41) is 4.07. The number of sulfone groups is 1. The number of imide groups is 2. The van der Waals surface area contributed by atoms with Gasteiger partial charge < -0.3 is 28.9 Å². The fraction of sp³-hybridized carbons (Fsp3) is 0.349. The average Bonchev–Trinajstić information content (AvgIpc) is 3.85. The van der Waals surface area contributed by atoms with Crippen LogP contribution in [0.1, 0.15) is 102 Å².